The van der Waals surface area contributed by atoms with E-state index in [2.05, 4.69) is 15.1 Å². The van der Waals surface area contributed by atoms with Crippen LogP contribution in [0, 0.1) is 5.41 Å². The van der Waals surface area contributed by atoms with Gasteiger partial charge in [0.05, 0.1) is 11.8 Å². The van der Waals surface area contributed by atoms with Gasteiger partial charge in [0.1, 0.15) is 5.82 Å². The van der Waals surface area contributed by atoms with Crippen molar-refractivity contribution in [1.82, 2.24) is 19.7 Å². The molecule has 0 bridgehead atoms. The average Bonchev–Trinajstić information content (AvgIpc) is 2.61. The normalized spacial score (nSPS) is 10.0. The predicted octanol–water partition coefficient (Wildman–Crippen LogP) is 0.242. The molecule has 0 saturated carbocycles. The van der Waals surface area contributed by atoms with Gasteiger partial charge in [0.25, 0.3) is 5.95 Å². The van der Waals surface area contributed by atoms with Gasteiger partial charge in [-0.25, -0.2) is 9.97 Å². The molecule has 0 aliphatic heterocycles. The number of rotatable bonds is 2. The molecule has 2 aromatic rings. The number of nitrogens with zero attached hydrogens (tertiary/aromatic N) is 4. The van der Waals surface area contributed by atoms with Gasteiger partial charge in [-0.15, -0.1) is 0 Å². The summed E-state index contributed by atoms with van der Waals surface area (Å²) in [5.74, 6) is 0.768. The molecule has 0 saturated heterocycles. The van der Waals surface area contributed by atoms with E-state index in [-0.39, 0.29) is 0 Å². The van der Waals surface area contributed by atoms with Gasteiger partial charge in [-0.3, -0.25) is 0 Å². The summed E-state index contributed by atoms with van der Waals surface area (Å²) in [6.07, 6.45) is 5.85. The first-order chi connectivity index (χ1) is 6.83. The number of nitrogens with one attached hydrogen (secondary N) is 1. The average molecular weight is 188 g/mol. The summed E-state index contributed by atoms with van der Waals surface area (Å²) < 4.78 is 1.39. The third-order valence-electron chi connectivity index (χ3n) is 1.73. The summed E-state index contributed by atoms with van der Waals surface area (Å²) in [5, 5.41) is 11.0. The van der Waals surface area contributed by atoms with E-state index >= 15 is 0 Å². The van der Waals surface area contributed by atoms with Crippen LogP contribution in [0.1, 0.15) is 5.56 Å². The van der Waals surface area contributed by atoms with Crippen LogP contribution in [0.3, 0.4) is 0 Å². The molecular weight excluding hydrogens is 180 g/mol. The van der Waals surface area contributed by atoms with E-state index in [0.717, 1.165) is 6.21 Å². The van der Waals surface area contributed by atoms with Crippen LogP contribution in [0.25, 0.3) is 5.95 Å². The van der Waals surface area contributed by atoms with Crippen molar-refractivity contribution in [2.45, 2.75) is 0 Å². The maximum Gasteiger partial charge on any atom is 0.252 e. The molecule has 6 heteroatoms. The minimum Gasteiger partial charge on any atom is -0.383 e. The highest BCUT2D eigenvalue weighted by molar-refractivity contribution is 5.83. The van der Waals surface area contributed by atoms with Crippen LogP contribution < -0.4 is 5.73 Å². The molecule has 0 fully saturated rings. The van der Waals surface area contributed by atoms with E-state index in [1.165, 1.54) is 10.9 Å². The van der Waals surface area contributed by atoms with Crippen molar-refractivity contribution in [2.75, 3.05) is 5.73 Å². The second-order valence-corrected chi connectivity index (χ2v) is 2.59. The fraction of sp³-hybridized carbons (Fsp3) is 0. The van der Waals surface area contributed by atoms with E-state index in [1.807, 2.05) is 0 Å². The second kappa shape index (κ2) is 3.25. The molecule has 2 heterocycles. The van der Waals surface area contributed by atoms with Crippen molar-refractivity contribution >= 4 is 12.0 Å². The van der Waals surface area contributed by atoms with Gasteiger partial charge < -0.3 is 11.1 Å². The van der Waals surface area contributed by atoms with Crippen LogP contribution in [-0.4, -0.2) is 26.0 Å². The third-order valence-corrected chi connectivity index (χ3v) is 1.73. The Morgan fingerprint density at radius 2 is 2.07 bits per heavy atom. The molecule has 0 amide bonds. The smallest absolute Gasteiger partial charge is 0.252 e. The van der Waals surface area contributed by atoms with Crippen LogP contribution in [0.5, 0.6) is 0 Å². The van der Waals surface area contributed by atoms with Crippen LogP contribution in [0.4, 0.5) is 5.82 Å². The Bertz CT molecular complexity index is 446. The topological polar surface area (TPSA) is 93.5 Å². The van der Waals surface area contributed by atoms with Crippen molar-refractivity contribution in [2.24, 2.45) is 0 Å². The van der Waals surface area contributed by atoms with Gasteiger partial charge in [0.15, 0.2) is 0 Å². The van der Waals surface area contributed by atoms with E-state index in [1.54, 1.807) is 18.5 Å². The molecule has 6 nitrogen and oxygen atoms in total. The van der Waals surface area contributed by atoms with Crippen LogP contribution in [0.15, 0.2) is 24.7 Å². The lowest BCUT2D eigenvalue weighted by Gasteiger charge is -2.00. The maximum absolute atomic E-state index is 7.06. The van der Waals surface area contributed by atoms with Gasteiger partial charge in [-0.1, -0.05) is 0 Å². The maximum atomic E-state index is 7.06. The van der Waals surface area contributed by atoms with Crippen molar-refractivity contribution in [3.63, 3.8) is 0 Å². The van der Waals surface area contributed by atoms with Crippen molar-refractivity contribution in [3.8, 4) is 5.95 Å². The monoisotopic (exact) mass is 188 g/mol. The van der Waals surface area contributed by atoms with Crippen LogP contribution in [-0.2, 0) is 0 Å². The molecule has 0 spiro atoms. The van der Waals surface area contributed by atoms with E-state index < -0.39 is 0 Å². The number of hydrogen-bond donors (Lipinski definition) is 2. The van der Waals surface area contributed by atoms with Crippen molar-refractivity contribution < 1.29 is 0 Å². The molecule has 2 rings (SSSR count). The zero-order valence-corrected chi connectivity index (χ0v) is 7.25. The molecule has 0 atom stereocenters. The fourth-order valence-corrected chi connectivity index (χ4v) is 1.04. The Hall–Kier alpha value is -2.24. The lowest BCUT2D eigenvalue weighted by Crippen LogP contribution is -2.06. The molecule has 0 radical (unpaired) electrons. The standard InChI is InChI=1S/C8H8N6/c9-4-6-5-13-14(7(6)10)8-11-2-1-3-12-8/h1-5,9H,10H2. The first-order valence-electron chi connectivity index (χ1n) is 3.94. The minimum absolute atomic E-state index is 0.367. The van der Waals surface area contributed by atoms with Crippen LogP contribution >= 0.6 is 0 Å². The SMILES string of the molecule is N=Cc1cnn(-c2ncccn2)c1N. The Morgan fingerprint density at radius 3 is 2.64 bits per heavy atom. The first-order valence-corrected chi connectivity index (χ1v) is 3.94. The Labute approximate surface area is 79.9 Å². The molecule has 0 aliphatic rings. The summed E-state index contributed by atoms with van der Waals surface area (Å²) in [5.41, 5.74) is 6.27. The summed E-state index contributed by atoms with van der Waals surface area (Å²) in [4.78, 5) is 7.98. The Kier molecular flexibility index (Phi) is 1.94. The molecule has 14 heavy (non-hydrogen) atoms. The molecule has 0 aromatic carbocycles. The van der Waals surface area contributed by atoms with Crippen molar-refractivity contribution in [3.05, 3.63) is 30.2 Å². The zero-order chi connectivity index (χ0) is 9.97. The number of anilines is 1. The lowest BCUT2D eigenvalue weighted by molar-refractivity contribution is 0.817. The first kappa shape index (κ1) is 8.36. The largest absolute Gasteiger partial charge is 0.383 e. The Balaban J connectivity index is 2.53. The summed E-state index contributed by atoms with van der Waals surface area (Å²) >= 11 is 0. The van der Waals surface area contributed by atoms with Gasteiger partial charge >= 0.3 is 0 Å². The molecule has 0 aliphatic carbocycles. The lowest BCUT2D eigenvalue weighted by atomic mass is 10.4. The van der Waals surface area contributed by atoms with Gasteiger partial charge in [-0.05, 0) is 6.07 Å². The van der Waals surface area contributed by atoms with E-state index in [0.29, 0.717) is 17.3 Å². The van der Waals surface area contributed by atoms with Crippen molar-refractivity contribution in [1.29, 1.82) is 5.41 Å². The minimum atomic E-state index is 0.367. The molecule has 3 N–H and O–H groups in total. The molecule has 2 aromatic heterocycles. The van der Waals surface area contributed by atoms with Gasteiger partial charge in [0, 0.05) is 18.6 Å². The van der Waals surface area contributed by atoms with Gasteiger partial charge in [0.2, 0.25) is 0 Å². The second-order valence-electron chi connectivity index (χ2n) is 2.59. The van der Waals surface area contributed by atoms with E-state index in [9.17, 15) is 0 Å². The Morgan fingerprint density at radius 1 is 1.36 bits per heavy atom. The summed E-state index contributed by atoms with van der Waals surface area (Å²) in [6, 6.07) is 1.71. The highest BCUT2D eigenvalue weighted by atomic mass is 15.4. The number of nitrogens with two attached hydrogens (primary N) is 1. The summed E-state index contributed by atoms with van der Waals surface area (Å²) in [6.45, 7) is 0. The highest BCUT2D eigenvalue weighted by Gasteiger charge is 2.07. The molecule has 0 unspecified atom stereocenters. The molecular formula is C8H8N6. The fourth-order valence-electron chi connectivity index (χ4n) is 1.04. The third kappa shape index (κ3) is 1.22. The van der Waals surface area contributed by atoms with E-state index in [4.69, 9.17) is 11.1 Å². The quantitative estimate of drug-likeness (QED) is 0.660. The number of nitrogen functional groups attached to an aromatic ring is 1. The predicted molar refractivity (Wildman–Crippen MR) is 51.5 cm³/mol. The zero-order valence-electron chi connectivity index (χ0n) is 7.25. The molecule has 70 valence electrons. The number of aromatic nitrogens is 4. The summed E-state index contributed by atoms with van der Waals surface area (Å²) in [7, 11) is 0. The number of hydrogen-bond acceptors (Lipinski definition) is 5. The highest BCUT2D eigenvalue weighted by Crippen LogP contribution is 2.11. The van der Waals surface area contributed by atoms with Gasteiger partial charge in [-0.2, -0.15) is 9.78 Å². The van der Waals surface area contributed by atoms with Crippen LogP contribution in [0.2, 0.25) is 0 Å².